The standard InChI is InChI=1S/C21H17ClN2O6/c1-10-6-13(2-3-15(10)22)29-14-8-11(7-12(9-14)24(27)28)23-20(25)18-16-4-5-17(30-16)19(18)21(23)26/h2-3,6-9,16-19H,4-5H2,1H3/t16-,17-,18-,19+/m1/s1. The maximum Gasteiger partial charge on any atom is 0.275 e. The van der Waals surface area contributed by atoms with Crippen molar-refractivity contribution in [3.8, 4) is 11.5 Å². The highest BCUT2D eigenvalue weighted by Gasteiger charge is 2.62. The maximum absolute atomic E-state index is 13.0. The van der Waals surface area contributed by atoms with Gasteiger partial charge in [0.2, 0.25) is 11.8 Å². The van der Waals surface area contributed by atoms with E-state index in [1.54, 1.807) is 18.2 Å². The van der Waals surface area contributed by atoms with Crippen LogP contribution in [0.1, 0.15) is 18.4 Å². The second kappa shape index (κ2) is 6.78. The van der Waals surface area contributed by atoms with Gasteiger partial charge in [-0.2, -0.15) is 0 Å². The number of carbonyl (C=O) groups excluding carboxylic acids is 2. The van der Waals surface area contributed by atoms with Crippen molar-refractivity contribution in [2.75, 3.05) is 4.90 Å². The van der Waals surface area contributed by atoms with Crippen molar-refractivity contribution >= 4 is 34.8 Å². The first-order valence-electron chi connectivity index (χ1n) is 9.60. The van der Waals surface area contributed by atoms with E-state index >= 15 is 0 Å². The van der Waals surface area contributed by atoms with Crippen molar-refractivity contribution in [1.82, 2.24) is 0 Å². The molecule has 0 aromatic heterocycles. The lowest BCUT2D eigenvalue weighted by molar-refractivity contribution is -0.384. The van der Waals surface area contributed by atoms with E-state index in [2.05, 4.69) is 0 Å². The Balaban J connectivity index is 1.52. The van der Waals surface area contributed by atoms with Gasteiger partial charge < -0.3 is 9.47 Å². The van der Waals surface area contributed by atoms with E-state index < -0.39 is 16.8 Å². The molecule has 3 saturated heterocycles. The van der Waals surface area contributed by atoms with Crippen molar-refractivity contribution in [3.05, 3.63) is 57.1 Å². The van der Waals surface area contributed by atoms with Crippen molar-refractivity contribution in [2.24, 2.45) is 11.8 Å². The number of carbonyl (C=O) groups is 2. The Kier molecular flexibility index (Phi) is 4.30. The molecule has 2 aromatic rings. The van der Waals surface area contributed by atoms with Crippen LogP contribution in [0.15, 0.2) is 36.4 Å². The summed E-state index contributed by atoms with van der Waals surface area (Å²) in [5.74, 6) is -1.18. The number of hydrogen-bond donors (Lipinski definition) is 0. The lowest BCUT2D eigenvalue weighted by Gasteiger charge is -2.18. The number of imide groups is 1. The molecule has 0 unspecified atom stereocenters. The second-order valence-electron chi connectivity index (χ2n) is 7.81. The molecule has 2 amide bonds. The highest BCUT2D eigenvalue weighted by Crippen LogP contribution is 2.50. The monoisotopic (exact) mass is 428 g/mol. The lowest BCUT2D eigenvalue weighted by atomic mass is 9.81. The number of nitro groups is 1. The minimum absolute atomic E-state index is 0.133. The summed E-state index contributed by atoms with van der Waals surface area (Å²) in [6, 6.07) is 8.95. The molecule has 4 atom stereocenters. The Morgan fingerprint density at radius 2 is 1.73 bits per heavy atom. The van der Waals surface area contributed by atoms with Crippen LogP contribution in [0.2, 0.25) is 5.02 Å². The minimum Gasteiger partial charge on any atom is -0.457 e. The summed E-state index contributed by atoms with van der Waals surface area (Å²) in [6.45, 7) is 1.81. The van der Waals surface area contributed by atoms with E-state index in [4.69, 9.17) is 21.1 Å². The van der Waals surface area contributed by atoms with Crippen LogP contribution in [-0.2, 0) is 14.3 Å². The topological polar surface area (TPSA) is 99.0 Å². The number of hydrogen-bond acceptors (Lipinski definition) is 6. The number of nitro benzene ring substituents is 1. The number of amides is 2. The smallest absolute Gasteiger partial charge is 0.275 e. The van der Waals surface area contributed by atoms with Crippen molar-refractivity contribution in [1.29, 1.82) is 0 Å². The molecule has 3 heterocycles. The summed E-state index contributed by atoms with van der Waals surface area (Å²) in [4.78, 5) is 38.0. The van der Waals surface area contributed by atoms with Gasteiger partial charge in [0.25, 0.3) is 5.69 Å². The number of aryl methyl sites for hydroxylation is 1. The Morgan fingerprint density at radius 3 is 2.33 bits per heavy atom. The summed E-state index contributed by atoms with van der Waals surface area (Å²) in [5.41, 5.74) is 0.645. The van der Waals surface area contributed by atoms with Crippen LogP contribution in [0.25, 0.3) is 0 Å². The van der Waals surface area contributed by atoms with Crippen LogP contribution in [0, 0.1) is 28.9 Å². The minimum atomic E-state index is -0.581. The number of halogens is 1. The molecule has 3 aliphatic heterocycles. The summed E-state index contributed by atoms with van der Waals surface area (Å²) in [7, 11) is 0. The molecule has 3 fully saturated rings. The first kappa shape index (κ1) is 19.0. The first-order valence-corrected chi connectivity index (χ1v) is 9.98. The Morgan fingerprint density at radius 1 is 1.07 bits per heavy atom. The van der Waals surface area contributed by atoms with Crippen LogP contribution in [0.4, 0.5) is 11.4 Å². The third-order valence-corrected chi connectivity index (χ3v) is 6.42. The van der Waals surface area contributed by atoms with Gasteiger partial charge >= 0.3 is 0 Å². The van der Waals surface area contributed by atoms with Crippen LogP contribution >= 0.6 is 11.6 Å². The summed E-state index contributed by atoms with van der Waals surface area (Å²) in [6.07, 6.45) is 0.983. The van der Waals surface area contributed by atoms with Gasteiger partial charge in [0.15, 0.2) is 0 Å². The van der Waals surface area contributed by atoms with E-state index in [9.17, 15) is 19.7 Å². The van der Waals surface area contributed by atoms with Crippen molar-refractivity contribution in [2.45, 2.75) is 32.0 Å². The normalized spacial score (nSPS) is 26.9. The SMILES string of the molecule is Cc1cc(Oc2cc(N3C(=O)[C@@H]4[C@H](C3=O)[C@H]3CC[C@H]4O3)cc([N+](=O)[O-])c2)ccc1Cl. The Labute approximate surface area is 176 Å². The molecule has 3 aliphatic rings. The summed E-state index contributed by atoms with van der Waals surface area (Å²) < 4.78 is 11.5. The van der Waals surface area contributed by atoms with E-state index in [1.807, 2.05) is 6.92 Å². The third-order valence-electron chi connectivity index (χ3n) is 5.99. The molecule has 5 rings (SSSR count). The molecule has 9 heteroatoms. The molecule has 0 aliphatic carbocycles. The summed E-state index contributed by atoms with van der Waals surface area (Å²) >= 11 is 6.03. The quantitative estimate of drug-likeness (QED) is 0.414. The molecule has 0 saturated carbocycles. The predicted octanol–water partition coefficient (Wildman–Crippen LogP) is 4.02. The Hall–Kier alpha value is -2.97. The molecule has 154 valence electrons. The largest absolute Gasteiger partial charge is 0.457 e. The molecule has 0 N–H and O–H groups in total. The molecular formula is C21H17ClN2O6. The highest BCUT2D eigenvalue weighted by atomic mass is 35.5. The average molecular weight is 429 g/mol. The fraction of sp³-hybridized carbons (Fsp3) is 0.333. The molecule has 30 heavy (non-hydrogen) atoms. The van der Waals surface area contributed by atoms with Crippen LogP contribution < -0.4 is 9.64 Å². The number of nitrogens with zero attached hydrogens (tertiary/aromatic N) is 2. The van der Waals surface area contributed by atoms with E-state index in [0.717, 1.165) is 23.3 Å². The highest BCUT2D eigenvalue weighted by molar-refractivity contribution is 6.31. The molecule has 2 bridgehead atoms. The van der Waals surface area contributed by atoms with E-state index in [1.165, 1.54) is 18.2 Å². The molecule has 0 radical (unpaired) electrons. The van der Waals surface area contributed by atoms with Crippen LogP contribution in [0.5, 0.6) is 11.5 Å². The number of fused-ring (bicyclic) bond motifs is 5. The number of non-ortho nitro benzene ring substituents is 1. The molecule has 0 spiro atoms. The predicted molar refractivity (Wildman–Crippen MR) is 107 cm³/mol. The van der Waals surface area contributed by atoms with E-state index in [0.29, 0.717) is 10.8 Å². The second-order valence-corrected chi connectivity index (χ2v) is 8.22. The zero-order valence-corrected chi connectivity index (χ0v) is 16.7. The number of ether oxygens (including phenoxy) is 2. The number of anilines is 1. The fourth-order valence-corrected chi connectivity index (χ4v) is 4.76. The molecular weight excluding hydrogens is 412 g/mol. The van der Waals surface area contributed by atoms with Crippen LogP contribution in [0.3, 0.4) is 0 Å². The van der Waals surface area contributed by atoms with E-state index in [-0.39, 0.29) is 41.1 Å². The third kappa shape index (κ3) is 2.86. The zero-order valence-electron chi connectivity index (χ0n) is 15.9. The molecule has 2 aromatic carbocycles. The molecule has 8 nitrogen and oxygen atoms in total. The number of rotatable bonds is 4. The van der Waals surface area contributed by atoms with Gasteiger partial charge in [-0.25, -0.2) is 4.90 Å². The van der Waals surface area contributed by atoms with Crippen LogP contribution in [-0.4, -0.2) is 28.9 Å². The lowest BCUT2D eigenvalue weighted by Crippen LogP contribution is -2.34. The Bertz CT molecular complexity index is 1070. The first-order chi connectivity index (χ1) is 14.3. The van der Waals surface area contributed by atoms with Gasteiger partial charge in [-0.05, 0) is 43.5 Å². The van der Waals surface area contributed by atoms with Gasteiger partial charge in [0, 0.05) is 17.2 Å². The zero-order chi connectivity index (χ0) is 21.2. The van der Waals surface area contributed by atoms with Crippen molar-refractivity contribution in [3.63, 3.8) is 0 Å². The van der Waals surface area contributed by atoms with Gasteiger partial charge in [0.1, 0.15) is 11.5 Å². The van der Waals surface area contributed by atoms with Gasteiger partial charge in [-0.3, -0.25) is 19.7 Å². The van der Waals surface area contributed by atoms with Gasteiger partial charge in [-0.15, -0.1) is 0 Å². The summed E-state index contributed by atoms with van der Waals surface area (Å²) in [5, 5.41) is 12.0. The maximum atomic E-state index is 13.0. The number of benzene rings is 2. The average Bonchev–Trinajstić information content (AvgIpc) is 3.38. The van der Waals surface area contributed by atoms with Gasteiger partial charge in [-0.1, -0.05) is 11.6 Å². The van der Waals surface area contributed by atoms with Crippen molar-refractivity contribution < 1.29 is 24.0 Å². The van der Waals surface area contributed by atoms with Gasteiger partial charge in [0.05, 0.1) is 40.7 Å². The fourth-order valence-electron chi connectivity index (χ4n) is 4.64.